The molecule has 0 aromatic carbocycles. The second kappa shape index (κ2) is 3.33. The molecular formula is C8H8N2O4. The number of aromatic carboxylic acids is 2. The summed E-state index contributed by atoms with van der Waals surface area (Å²) in [7, 11) is 0. The number of aromatic nitrogens is 1. The van der Waals surface area contributed by atoms with E-state index in [1.54, 1.807) is 0 Å². The topological polar surface area (TPSA) is 114 Å². The van der Waals surface area contributed by atoms with Gasteiger partial charge in [0.25, 0.3) is 0 Å². The number of anilines is 1. The smallest absolute Gasteiger partial charge is 0.339 e. The quantitative estimate of drug-likeness (QED) is 0.629. The summed E-state index contributed by atoms with van der Waals surface area (Å²) in [6.45, 7) is 1.45. The number of rotatable bonds is 2. The van der Waals surface area contributed by atoms with E-state index in [4.69, 9.17) is 15.9 Å². The van der Waals surface area contributed by atoms with Gasteiger partial charge in [0, 0.05) is 0 Å². The summed E-state index contributed by atoms with van der Waals surface area (Å²) >= 11 is 0. The number of hydrogen-bond acceptors (Lipinski definition) is 4. The highest BCUT2D eigenvalue weighted by Gasteiger charge is 2.16. The van der Waals surface area contributed by atoms with Crippen LogP contribution in [0.2, 0.25) is 0 Å². The van der Waals surface area contributed by atoms with Gasteiger partial charge in [-0.3, -0.25) is 0 Å². The molecule has 6 heteroatoms. The van der Waals surface area contributed by atoms with E-state index in [2.05, 4.69) is 4.98 Å². The fourth-order valence-electron chi connectivity index (χ4n) is 1.01. The number of hydrogen-bond donors (Lipinski definition) is 3. The minimum atomic E-state index is -1.29. The summed E-state index contributed by atoms with van der Waals surface area (Å²) in [5, 5.41) is 17.3. The van der Waals surface area contributed by atoms with E-state index < -0.39 is 11.9 Å². The Kier molecular flexibility index (Phi) is 2.37. The maximum absolute atomic E-state index is 10.6. The Hall–Kier alpha value is -2.11. The Balaban J connectivity index is 3.42. The lowest BCUT2D eigenvalue weighted by Crippen LogP contribution is -2.10. The lowest BCUT2D eigenvalue weighted by atomic mass is 10.1. The first kappa shape index (κ1) is 9.97. The van der Waals surface area contributed by atoms with Crippen molar-refractivity contribution in [1.82, 2.24) is 4.98 Å². The SMILES string of the molecule is Cc1nc(N)c(C(=O)O)cc1C(=O)O. The molecule has 0 unspecified atom stereocenters. The number of carboxylic acids is 2. The Morgan fingerprint density at radius 3 is 2.21 bits per heavy atom. The van der Waals surface area contributed by atoms with Gasteiger partial charge in [0.2, 0.25) is 0 Å². The summed E-state index contributed by atoms with van der Waals surface area (Å²) in [5.74, 6) is -2.70. The summed E-state index contributed by atoms with van der Waals surface area (Å²) in [4.78, 5) is 24.9. The van der Waals surface area contributed by atoms with Crippen molar-refractivity contribution >= 4 is 17.8 Å². The molecule has 0 fully saturated rings. The summed E-state index contributed by atoms with van der Waals surface area (Å²) in [6.07, 6.45) is 0. The molecule has 0 spiro atoms. The number of nitrogens with zero attached hydrogens (tertiary/aromatic N) is 1. The van der Waals surface area contributed by atoms with Crippen molar-refractivity contribution in [3.63, 3.8) is 0 Å². The van der Waals surface area contributed by atoms with Crippen molar-refractivity contribution < 1.29 is 19.8 Å². The zero-order chi connectivity index (χ0) is 10.9. The van der Waals surface area contributed by atoms with Gasteiger partial charge >= 0.3 is 11.9 Å². The van der Waals surface area contributed by atoms with Gasteiger partial charge in [-0.05, 0) is 13.0 Å². The van der Waals surface area contributed by atoms with Gasteiger partial charge in [-0.1, -0.05) is 0 Å². The largest absolute Gasteiger partial charge is 0.478 e. The second-order valence-corrected chi connectivity index (χ2v) is 2.66. The van der Waals surface area contributed by atoms with Crippen LogP contribution in [-0.4, -0.2) is 27.1 Å². The van der Waals surface area contributed by atoms with Crippen molar-refractivity contribution in [2.45, 2.75) is 6.92 Å². The molecule has 0 saturated carbocycles. The van der Waals surface area contributed by atoms with E-state index in [9.17, 15) is 9.59 Å². The van der Waals surface area contributed by atoms with Crippen LogP contribution in [0.4, 0.5) is 5.82 Å². The van der Waals surface area contributed by atoms with Gasteiger partial charge in [0.05, 0.1) is 11.3 Å². The highest BCUT2D eigenvalue weighted by molar-refractivity contribution is 5.97. The molecule has 74 valence electrons. The third kappa shape index (κ3) is 1.63. The van der Waals surface area contributed by atoms with Crippen molar-refractivity contribution in [2.75, 3.05) is 5.73 Å². The number of carboxylic acid groups (broad SMARTS) is 2. The third-order valence-corrected chi connectivity index (χ3v) is 1.70. The number of nitrogens with two attached hydrogens (primary N) is 1. The van der Waals surface area contributed by atoms with Gasteiger partial charge in [0.15, 0.2) is 0 Å². The zero-order valence-electron chi connectivity index (χ0n) is 7.31. The summed E-state index contributed by atoms with van der Waals surface area (Å²) in [6, 6.07) is 1.00. The lowest BCUT2D eigenvalue weighted by Gasteiger charge is -2.04. The van der Waals surface area contributed by atoms with E-state index in [-0.39, 0.29) is 22.6 Å². The van der Waals surface area contributed by atoms with Crippen LogP contribution >= 0.6 is 0 Å². The van der Waals surface area contributed by atoms with Gasteiger partial charge in [0.1, 0.15) is 11.4 Å². The van der Waals surface area contributed by atoms with Crippen LogP contribution in [0, 0.1) is 6.92 Å². The van der Waals surface area contributed by atoms with E-state index in [0.29, 0.717) is 0 Å². The first-order valence-electron chi connectivity index (χ1n) is 3.67. The molecule has 0 atom stereocenters. The Morgan fingerprint density at radius 2 is 1.79 bits per heavy atom. The molecule has 0 aliphatic heterocycles. The van der Waals surface area contributed by atoms with Crippen LogP contribution in [0.3, 0.4) is 0 Å². The number of pyridine rings is 1. The maximum Gasteiger partial charge on any atom is 0.339 e. The van der Waals surface area contributed by atoms with Gasteiger partial charge in [-0.15, -0.1) is 0 Å². The van der Waals surface area contributed by atoms with Crippen molar-refractivity contribution in [3.8, 4) is 0 Å². The summed E-state index contributed by atoms with van der Waals surface area (Å²) < 4.78 is 0. The average Bonchev–Trinajstić information content (AvgIpc) is 2.02. The van der Waals surface area contributed by atoms with Crippen LogP contribution in [0.5, 0.6) is 0 Å². The van der Waals surface area contributed by atoms with Crippen LogP contribution in [-0.2, 0) is 0 Å². The fourth-order valence-corrected chi connectivity index (χ4v) is 1.01. The maximum atomic E-state index is 10.6. The number of carbonyl (C=O) groups is 2. The van der Waals surface area contributed by atoms with E-state index in [1.165, 1.54) is 6.92 Å². The molecule has 14 heavy (non-hydrogen) atoms. The monoisotopic (exact) mass is 196 g/mol. The standard InChI is InChI=1S/C8H8N2O4/c1-3-4(7(11)12)2-5(8(13)14)6(9)10-3/h2H,1H3,(H2,9,10)(H,11,12)(H,13,14). The molecule has 0 bridgehead atoms. The normalized spacial score (nSPS) is 9.79. The molecular weight excluding hydrogens is 188 g/mol. The highest BCUT2D eigenvalue weighted by Crippen LogP contribution is 2.14. The second-order valence-electron chi connectivity index (χ2n) is 2.66. The predicted molar refractivity (Wildman–Crippen MR) is 47.3 cm³/mol. The molecule has 0 aliphatic carbocycles. The molecule has 0 aliphatic rings. The third-order valence-electron chi connectivity index (χ3n) is 1.70. The molecule has 4 N–H and O–H groups in total. The Morgan fingerprint density at radius 1 is 1.29 bits per heavy atom. The molecule has 1 aromatic rings. The lowest BCUT2D eigenvalue weighted by molar-refractivity contribution is 0.0695. The first-order chi connectivity index (χ1) is 6.43. The van der Waals surface area contributed by atoms with Crippen LogP contribution in [0.15, 0.2) is 6.07 Å². The van der Waals surface area contributed by atoms with Crippen molar-refractivity contribution in [2.24, 2.45) is 0 Å². The van der Waals surface area contributed by atoms with E-state index in [0.717, 1.165) is 6.07 Å². The molecule has 6 nitrogen and oxygen atoms in total. The van der Waals surface area contributed by atoms with Gasteiger partial charge < -0.3 is 15.9 Å². The van der Waals surface area contributed by atoms with Crippen LogP contribution in [0.1, 0.15) is 26.4 Å². The fraction of sp³-hybridized carbons (Fsp3) is 0.125. The van der Waals surface area contributed by atoms with Gasteiger partial charge in [-0.2, -0.15) is 0 Å². The minimum absolute atomic E-state index is 0.156. The van der Waals surface area contributed by atoms with E-state index >= 15 is 0 Å². The Labute approximate surface area is 79.0 Å². The minimum Gasteiger partial charge on any atom is -0.478 e. The summed E-state index contributed by atoms with van der Waals surface area (Å²) in [5.41, 5.74) is 5.05. The van der Waals surface area contributed by atoms with Gasteiger partial charge in [-0.25, -0.2) is 14.6 Å². The average molecular weight is 196 g/mol. The molecule has 1 aromatic heterocycles. The van der Waals surface area contributed by atoms with Crippen molar-refractivity contribution in [1.29, 1.82) is 0 Å². The highest BCUT2D eigenvalue weighted by atomic mass is 16.4. The molecule has 1 rings (SSSR count). The van der Waals surface area contributed by atoms with E-state index in [1.807, 2.05) is 0 Å². The molecule has 0 saturated heterocycles. The molecule has 0 radical (unpaired) electrons. The first-order valence-corrected chi connectivity index (χ1v) is 3.67. The predicted octanol–water partition coefficient (Wildman–Crippen LogP) is 0.369. The van der Waals surface area contributed by atoms with Crippen LogP contribution in [0.25, 0.3) is 0 Å². The molecule has 1 heterocycles. The number of nitrogen functional groups attached to an aromatic ring is 1. The van der Waals surface area contributed by atoms with Crippen LogP contribution < -0.4 is 5.73 Å². The number of aryl methyl sites for hydroxylation is 1. The van der Waals surface area contributed by atoms with Crippen molar-refractivity contribution in [3.05, 3.63) is 22.9 Å². The zero-order valence-corrected chi connectivity index (χ0v) is 7.31. The molecule has 0 amide bonds. The Bertz CT molecular complexity index is 379.